The highest BCUT2D eigenvalue weighted by Crippen LogP contribution is 2.29. The first-order valence-electron chi connectivity index (χ1n) is 7.91. The lowest BCUT2D eigenvalue weighted by molar-refractivity contribution is -0.300. The van der Waals surface area contributed by atoms with Crippen LogP contribution in [0.2, 0.25) is 0 Å². The van der Waals surface area contributed by atoms with Crippen molar-refractivity contribution in [3.63, 3.8) is 0 Å². The summed E-state index contributed by atoms with van der Waals surface area (Å²) < 4.78 is 17.5. The Labute approximate surface area is 132 Å². The van der Waals surface area contributed by atoms with Gasteiger partial charge in [0.15, 0.2) is 5.79 Å². The molecule has 1 aromatic rings. The number of ketones is 1. The smallest absolute Gasteiger partial charge is 0.163 e. The molecule has 1 saturated heterocycles. The van der Waals surface area contributed by atoms with Crippen LogP contribution in [0.4, 0.5) is 0 Å². The molecule has 1 fully saturated rings. The van der Waals surface area contributed by atoms with Crippen molar-refractivity contribution >= 4 is 5.78 Å². The van der Waals surface area contributed by atoms with Crippen molar-refractivity contribution in [3.05, 3.63) is 35.9 Å². The van der Waals surface area contributed by atoms with E-state index >= 15 is 0 Å². The minimum atomic E-state index is -0.636. The second kappa shape index (κ2) is 7.86. The van der Waals surface area contributed by atoms with Gasteiger partial charge < -0.3 is 14.2 Å². The van der Waals surface area contributed by atoms with Crippen molar-refractivity contribution < 1.29 is 19.0 Å². The Hall–Kier alpha value is -1.23. The van der Waals surface area contributed by atoms with Gasteiger partial charge >= 0.3 is 0 Å². The maximum Gasteiger partial charge on any atom is 0.163 e. The maximum atomic E-state index is 11.3. The van der Waals surface area contributed by atoms with Gasteiger partial charge in [-0.15, -0.1) is 0 Å². The highest BCUT2D eigenvalue weighted by molar-refractivity contribution is 5.75. The van der Waals surface area contributed by atoms with Crippen LogP contribution < -0.4 is 0 Å². The molecule has 1 aromatic carbocycles. The predicted molar refractivity (Wildman–Crippen MR) is 84.5 cm³/mol. The Morgan fingerprint density at radius 3 is 2.59 bits per heavy atom. The molecule has 0 radical (unpaired) electrons. The monoisotopic (exact) mass is 306 g/mol. The van der Waals surface area contributed by atoms with E-state index in [9.17, 15) is 4.79 Å². The lowest BCUT2D eigenvalue weighted by Gasteiger charge is -2.40. The van der Waals surface area contributed by atoms with Crippen molar-refractivity contribution in [1.82, 2.24) is 0 Å². The van der Waals surface area contributed by atoms with Crippen LogP contribution in [0.15, 0.2) is 30.3 Å². The first kappa shape index (κ1) is 17.1. The van der Waals surface area contributed by atoms with E-state index in [2.05, 4.69) is 12.1 Å². The third-order valence-electron chi connectivity index (χ3n) is 3.64. The zero-order valence-corrected chi connectivity index (χ0v) is 13.7. The van der Waals surface area contributed by atoms with Crippen LogP contribution in [0.25, 0.3) is 0 Å². The summed E-state index contributed by atoms with van der Waals surface area (Å²) in [5, 5.41) is 0. The third-order valence-corrected chi connectivity index (χ3v) is 3.64. The van der Waals surface area contributed by atoms with Crippen molar-refractivity contribution in [2.45, 2.75) is 64.6 Å². The van der Waals surface area contributed by atoms with Gasteiger partial charge in [0.25, 0.3) is 0 Å². The minimum absolute atomic E-state index is 0.0552. The molecule has 0 unspecified atom stereocenters. The zero-order chi connectivity index (χ0) is 16.0. The van der Waals surface area contributed by atoms with Crippen LogP contribution >= 0.6 is 0 Å². The molecule has 4 nitrogen and oxygen atoms in total. The topological polar surface area (TPSA) is 44.8 Å². The SMILES string of the molecule is CC(=O)C[C@@H]1C[C@@H](CCOCc2ccccc2)OC(C)(C)O1. The average Bonchev–Trinajstić information content (AvgIpc) is 2.42. The second-order valence-electron chi connectivity index (χ2n) is 6.35. The van der Waals surface area contributed by atoms with Gasteiger partial charge in [-0.3, -0.25) is 4.79 Å². The van der Waals surface area contributed by atoms with Crippen LogP contribution in [0.5, 0.6) is 0 Å². The molecule has 1 heterocycles. The Kier molecular flexibility index (Phi) is 6.12. The van der Waals surface area contributed by atoms with Gasteiger partial charge in [-0.25, -0.2) is 0 Å². The normalized spacial score (nSPS) is 24.1. The molecule has 0 N–H and O–H groups in total. The molecule has 1 aliphatic rings. The molecule has 0 amide bonds. The van der Waals surface area contributed by atoms with Crippen molar-refractivity contribution in [3.8, 4) is 0 Å². The van der Waals surface area contributed by atoms with Crippen LogP contribution in [-0.4, -0.2) is 30.4 Å². The van der Waals surface area contributed by atoms with Crippen LogP contribution in [0.1, 0.15) is 45.6 Å². The number of ether oxygens (including phenoxy) is 3. The standard InChI is InChI=1S/C18H26O4/c1-14(19)11-17-12-16(21-18(2,3)22-17)9-10-20-13-15-7-5-4-6-8-15/h4-8,16-17H,9-13H2,1-3H3/t16-,17-/m1/s1. The van der Waals surface area contributed by atoms with Gasteiger partial charge in [-0.1, -0.05) is 30.3 Å². The zero-order valence-electron chi connectivity index (χ0n) is 13.7. The number of carbonyl (C=O) groups excluding carboxylic acids is 1. The van der Waals surface area contributed by atoms with E-state index in [-0.39, 0.29) is 18.0 Å². The molecule has 0 spiro atoms. The highest BCUT2D eigenvalue weighted by atomic mass is 16.7. The molecule has 0 saturated carbocycles. The summed E-state index contributed by atoms with van der Waals surface area (Å²) in [6.45, 7) is 6.66. The molecule has 0 bridgehead atoms. The molecule has 122 valence electrons. The van der Waals surface area contributed by atoms with E-state index in [1.165, 1.54) is 5.56 Å². The summed E-state index contributed by atoms with van der Waals surface area (Å²) in [6.07, 6.45) is 2.03. The van der Waals surface area contributed by atoms with Crippen LogP contribution in [-0.2, 0) is 25.6 Å². The van der Waals surface area contributed by atoms with Gasteiger partial charge in [0.1, 0.15) is 5.78 Å². The first-order chi connectivity index (χ1) is 10.4. The lowest BCUT2D eigenvalue weighted by Crippen LogP contribution is -2.45. The molecule has 0 aromatic heterocycles. The molecular weight excluding hydrogens is 280 g/mol. The van der Waals surface area contributed by atoms with Gasteiger partial charge in [-0.2, -0.15) is 0 Å². The third kappa shape index (κ3) is 5.87. The summed E-state index contributed by atoms with van der Waals surface area (Å²) >= 11 is 0. The Morgan fingerprint density at radius 2 is 1.91 bits per heavy atom. The maximum absolute atomic E-state index is 11.3. The number of carbonyl (C=O) groups is 1. The molecule has 2 atom stereocenters. The Balaban J connectivity index is 1.75. The number of benzene rings is 1. The van der Waals surface area contributed by atoms with Crippen LogP contribution in [0, 0.1) is 0 Å². The van der Waals surface area contributed by atoms with Gasteiger partial charge in [0.05, 0.1) is 18.8 Å². The summed E-state index contributed by atoms with van der Waals surface area (Å²) in [6, 6.07) is 10.1. The summed E-state index contributed by atoms with van der Waals surface area (Å²) in [7, 11) is 0. The molecule has 22 heavy (non-hydrogen) atoms. The van der Waals surface area contributed by atoms with E-state index in [0.29, 0.717) is 19.6 Å². The van der Waals surface area contributed by atoms with Gasteiger partial charge in [0.2, 0.25) is 0 Å². The number of rotatable bonds is 7. The largest absolute Gasteiger partial charge is 0.377 e. The molecular formula is C18H26O4. The molecule has 2 rings (SSSR count). The predicted octanol–water partition coefficient (Wildman–Crippen LogP) is 3.48. The van der Waals surface area contributed by atoms with E-state index in [1.807, 2.05) is 32.0 Å². The van der Waals surface area contributed by atoms with Crippen molar-refractivity contribution in [2.24, 2.45) is 0 Å². The number of Topliss-reactive ketones (excluding diaryl/α,β-unsaturated/α-hetero) is 1. The van der Waals surface area contributed by atoms with E-state index in [4.69, 9.17) is 14.2 Å². The Bertz CT molecular complexity index is 469. The van der Waals surface area contributed by atoms with E-state index in [1.54, 1.807) is 6.92 Å². The van der Waals surface area contributed by atoms with Gasteiger partial charge in [-0.05, 0) is 32.8 Å². The fraction of sp³-hybridized carbons (Fsp3) is 0.611. The first-order valence-corrected chi connectivity index (χ1v) is 7.91. The van der Waals surface area contributed by atoms with Crippen molar-refractivity contribution in [2.75, 3.05) is 6.61 Å². The lowest BCUT2D eigenvalue weighted by atomic mass is 10.0. The number of hydrogen-bond donors (Lipinski definition) is 0. The average molecular weight is 306 g/mol. The number of hydrogen-bond acceptors (Lipinski definition) is 4. The fourth-order valence-corrected chi connectivity index (χ4v) is 2.82. The summed E-state index contributed by atoms with van der Waals surface area (Å²) in [5.41, 5.74) is 1.17. The van der Waals surface area contributed by atoms with E-state index < -0.39 is 5.79 Å². The minimum Gasteiger partial charge on any atom is -0.377 e. The van der Waals surface area contributed by atoms with Gasteiger partial charge in [0, 0.05) is 19.4 Å². The Morgan fingerprint density at radius 1 is 1.23 bits per heavy atom. The highest BCUT2D eigenvalue weighted by Gasteiger charge is 2.35. The molecule has 1 aliphatic heterocycles. The van der Waals surface area contributed by atoms with Crippen molar-refractivity contribution in [1.29, 1.82) is 0 Å². The quantitative estimate of drug-likeness (QED) is 0.723. The summed E-state index contributed by atoms with van der Waals surface area (Å²) in [5.74, 6) is -0.482. The van der Waals surface area contributed by atoms with E-state index in [0.717, 1.165) is 12.8 Å². The second-order valence-corrected chi connectivity index (χ2v) is 6.35. The molecule has 4 heteroatoms. The molecule has 0 aliphatic carbocycles. The fourth-order valence-electron chi connectivity index (χ4n) is 2.82. The summed E-state index contributed by atoms with van der Waals surface area (Å²) in [4.78, 5) is 11.3. The van der Waals surface area contributed by atoms with Crippen LogP contribution in [0.3, 0.4) is 0 Å².